The molecule has 1 unspecified atom stereocenters. The van der Waals surface area contributed by atoms with E-state index in [9.17, 15) is 26.7 Å². The summed E-state index contributed by atoms with van der Waals surface area (Å²) in [6.45, 7) is 1.38. The number of carbonyl (C=O) groups excluding carboxylic acids is 1. The number of ether oxygens (including phenoxy) is 1. The first kappa shape index (κ1) is 15.1. The Morgan fingerprint density at radius 1 is 1.31 bits per heavy atom. The Morgan fingerprint density at radius 2 is 1.81 bits per heavy atom. The molecule has 1 atom stereocenters. The molecule has 0 aliphatic heterocycles. The number of halogens is 5. The van der Waals surface area contributed by atoms with Gasteiger partial charge in [0.05, 0.1) is 6.61 Å². The van der Waals surface area contributed by atoms with Crippen molar-refractivity contribution in [3.05, 3.63) is 0 Å². The number of hydrogen-bond acceptors (Lipinski definition) is 2. The highest BCUT2D eigenvalue weighted by Crippen LogP contribution is 2.35. The van der Waals surface area contributed by atoms with Gasteiger partial charge < -0.3 is 10.1 Å². The predicted molar refractivity (Wildman–Crippen MR) is 45.1 cm³/mol. The lowest BCUT2D eigenvalue weighted by atomic mass is 10.2. The SMILES string of the molecule is COCC(C)CNC(=O)C(F)(F)C(F)(F)F. The second kappa shape index (κ2) is 5.42. The van der Waals surface area contributed by atoms with E-state index in [2.05, 4.69) is 4.74 Å². The van der Waals surface area contributed by atoms with Gasteiger partial charge in [-0.2, -0.15) is 22.0 Å². The van der Waals surface area contributed by atoms with E-state index in [1.54, 1.807) is 0 Å². The Hall–Kier alpha value is -0.920. The molecule has 0 fully saturated rings. The predicted octanol–water partition coefficient (Wildman–Crippen LogP) is 1.58. The van der Waals surface area contributed by atoms with Gasteiger partial charge >= 0.3 is 12.1 Å². The van der Waals surface area contributed by atoms with E-state index < -0.39 is 18.0 Å². The van der Waals surface area contributed by atoms with Gasteiger partial charge in [0.25, 0.3) is 5.91 Å². The Bertz CT molecular complexity index is 241. The number of methoxy groups -OCH3 is 1. The average molecular weight is 249 g/mol. The molecule has 96 valence electrons. The second-order valence-corrected chi connectivity index (χ2v) is 3.34. The lowest BCUT2D eigenvalue weighted by Crippen LogP contribution is -2.51. The van der Waals surface area contributed by atoms with Crippen molar-refractivity contribution in [1.82, 2.24) is 5.32 Å². The maximum absolute atomic E-state index is 12.4. The van der Waals surface area contributed by atoms with Crippen LogP contribution in [0.1, 0.15) is 6.92 Å². The number of alkyl halides is 5. The van der Waals surface area contributed by atoms with Gasteiger partial charge in [-0.3, -0.25) is 4.79 Å². The van der Waals surface area contributed by atoms with E-state index in [1.165, 1.54) is 19.4 Å². The first-order chi connectivity index (χ1) is 7.13. The summed E-state index contributed by atoms with van der Waals surface area (Å²) in [5.41, 5.74) is 0. The first-order valence-corrected chi connectivity index (χ1v) is 4.34. The molecule has 0 aromatic heterocycles. The lowest BCUT2D eigenvalue weighted by molar-refractivity contribution is -0.269. The third-order valence-corrected chi connectivity index (χ3v) is 1.70. The molecule has 1 N–H and O–H groups in total. The summed E-state index contributed by atoms with van der Waals surface area (Å²) < 4.78 is 64.6. The van der Waals surface area contributed by atoms with E-state index in [1.807, 2.05) is 0 Å². The molecule has 0 bridgehead atoms. The van der Waals surface area contributed by atoms with E-state index in [0.717, 1.165) is 0 Å². The van der Waals surface area contributed by atoms with Crippen molar-refractivity contribution in [1.29, 1.82) is 0 Å². The fourth-order valence-electron chi connectivity index (χ4n) is 0.850. The molecule has 0 radical (unpaired) electrons. The number of rotatable bonds is 5. The summed E-state index contributed by atoms with van der Waals surface area (Å²) in [5, 5.41) is 1.53. The molecule has 16 heavy (non-hydrogen) atoms. The van der Waals surface area contributed by atoms with E-state index >= 15 is 0 Å². The minimum absolute atomic E-state index is 0.151. The standard InChI is InChI=1S/C8H12F5NO2/c1-5(4-16-2)3-14-6(15)7(9,10)8(11,12)13/h5H,3-4H2,1-2H3,(H,14,15). The summed E-state index contributed by atoms with van der Waals surface area (Å²) in [5.74, 6) is -8.05. The second-order valence-electron chi connectivity index (χ2n) is 3.34. The van der Waals surface area contributed by atoms with Crippen molar-refractivity contribution >= 4 is 5.91 Å². The summed E-state index contributed by atoms with van der Waals surface area (Å²) in [7, 11) is 1.35. The van der Waals surface area contributed by atoms with Crippen LogP contribution in [0.2, 0.25) is 0 Å². The van der Waals surface area contributed by atoms with Crippen molar-refractivity contribution < 1.29 is 31.5 Å². The molecule has 0 saturated heterocycles. The normalized spacial score (nSPS) is 14.7. The van der Waals surface area contributed by atoms with Gasteiger partial charge in [-0.25, -0.2) is 0 Å². The van der Waals surface area contributed by atoms with Crippen molar-refractivity contribution in [3.8, 4) is 0 Å². The van der Waals surface area contributed by atoms with Crippen LogP contribution in [-0.2, 0) is 9.53 Å². The van der Waals surface area contributed by atoms with Crippen LogP contribution >= 0.6 is 0 Å². The molecular weight excluding hydrogens is 237 g/mol. The maximum atomic E-state index is 12.4. The van der Waals surface area contributed by atoms with Gasteiger partial charge in [0, 0.05) is 13.7 Å². The monoisotopic (exact) mass is 249 g/mol. The zero-order chi connectivity index (χ0) is 13.0. The molecule has 0 aromatic rings. The van der Waals surface area contributed by atoms with Gasteiger partial charge in [0.1, 0.15) is 0 Å². The third kappa shape index (κ3) is 3.92. The van der Waals surface area contributed by atoms with Crippen molar-refractivity contribution in [2.24, 2.45) is 5.92 Å². The van der Waals surface area contributed by atoms with Gasteiger partial charge in [0.2, 0.25) is 0 Å². The molecule has 0 heterocycles. The average Bonchev–Trinajstić information content (AvgIpc) is 2.12. The summed E-state index contributed by atoms with van der Waals surface area (Å²) in [6, 6.07) is 0. The fraction of sp³-hybridized carbons (Fsp3) is 0.875. The minimum Gasteiger partial charge on any atom is -0.384 e. The number of carbonyl (C=O) groups is 1. The Balaban J connectivity index is 4.27. The fourth-order valence-corrected chi connectivity index (χ4v) is 0.850. The zero-order valence-corrected chi connectivity index (χ0v) is 8.70. The molecule has 8 heteroatoms. The quantitative estimate of drug-likeness (QED) is 0.751. The first-order valence-electron chi connectivity index (χ1n) is 4.34. The molecule has 0 aliphatic rings. The van der Waals surface area contributed by atoms with Crippen LogP contribution in [0.25, 0.3) is 0 Å². The smallest absolute Gasteiger partial charge is 0.384 e. The van der Waals surface area contributed by atoms with Crippen LogP contribution in [0.15, 0.2) is 0 Å². The van der Waals surface area contributed by atoms with Crippen molar-refractivity contribution in [2.45, 2.75) is 19.0 Å². The van der Waals surface area contributed by atoms with Gasteiger partial charge in [-0.15, -0.1) is 0 Å². The number of nitrogens with one attached hydrogen (secondary N) is 1. The third-order valence-electron chi connectivity index (χ3n) is 1.70. The van der Waals surface area contributed by atoms with Gasteiger partial charge in [0.15, 0.2) is 0 Å². The Kier molecular flexibility index (Phi) is 5.11. The maximum Gasteiger partial charge on any atom is 0.463 e. The summed E-state index contributed by atoms with van der Waals surface area (Å²) >= 11 is 0. The van der Waals surface area contributed by atoms with Crippen LogP contribution in [0.5, 0.6) is 0 Å². The molecule has 0 aromatic carbocycles. The van der Waals surface area contributed by atoms with Crippen molar-refractivity contribution in [3.63, 3.8) is 0 Å². The summed E-state index contributed by atoms with van der Waals surface area (Å²) in [6.07, 6.45) is -5.87. The molecule has 0 aliphatic carbocycles. The highest BCUT2D eigenvalue weighted by atomic mass is 19.4. The number of amides is 1. The Labute approximate surface area is 88.9 Å². The van der Waals surface area contributed by atoms with Gasteiger partial charge in [-0.05, 0) is 5.92 Å². The molecule has 0 saturated carbocycles. The molecule has 0 rings (SSSR count). The highest BCUT2D eigenvalue weighted by Gasteiger charge is 2.63. The summed E-state index contributed by atoms with van der Waals surface area (Å²) in [4.78, 5) is 10.6. The van der Waals surface area contributed by atoms with E-state index in [-0.39, 0.29) is 19.1 Å². The molecular formula is C8H12F5NO2. The molecule has 0 spiro atoms. The van der Waals surface area contributed by atoms with Crippen molar-refractivity contribution in [2.75, 3.05) is 20.3 Å². The van der Waals surface area contributed by atoms with E-state index in [0.29, 0.717) is 0 Å². The van der Waals surface area contributed by atoms with Crippen LogP contribution in [0.4, 0.5) is 22.0 Å². The lowest BCUT2D eigenvalue weighted by Gasteiger charge is -2.19. The van der Waals surface area contributed by atoms with Crippen LogP contribution in [-0.4, -0.2) is 38.3 Å². The van der Waals surface area contributed by atoms with Crippen LogP contribution in [0, 0.1) is 5.92 Å². The van der Waals surface area contributed by atoms with Crippen LogP contribution in [0.3, 0.4) is 0 Å². The zero-order valence-electron chi connectivity index (χ0n) is 8.70. The topological polar surface area (TPSA) is 38.3 Å². The van der Waals surface area contributed by atoms with Gasteiger partial charge in [-0.1, -0.05) is 6.92 Å². The van der Waals surface area contributed by atoms with Crippen LogP contribution < -0.4 is 5.32 Å². The molecule has 3 nitrogen and oxygen atoms in total. The Morgan fingerprint density at radius 3 is 2.19 bits per heavy atom. The minimum atomic E-state index is -5.87. The van der Waals surface area contributed by atoms with E-state index in [4.69, 9.17) is 0 Å². The molecule has 1 amide bonds. The highest BCUT2D eigenvalue weighted by molar-refractivity contribution is 5.84. The largest absolute Gasteiger partial charge is 0.463 e. The number of hydrogen-bond donors (Lipinski definition) is 1.